The fourth-order valence-electron chi connectivity index (χ4n) is 3.78. The van der Waals surface area contributed by atoms with Crippen LogP contribution in [0.3, 0.4) is 0 Å². The highest BCUT2D eigenvalue weighted by Gasteiger charge is 2.34. The highest BCUT2D eigenvalue weighted by Crippen LogP contribution is 2.36. The van der Waals surface area contributed by atoms with Gasteiger partial charge in [0.2, 0.25) is 0 Å². The van der Waals surface area contributed by atoms with Crippen molar-refractivity contribution in [1.29, 1.82) is 0 Å². The third kappa shape index (κ3) is 3.96. The molecule has 0 aromatic rings. The van der Waals surface area contributed by atoms with Gasteiger partial charge in [0.05, 0.1) is 0 Å². The molecule has 0 bridgehead atoms. The predicted molar refractivity (Wildman–Crippen MR) is 78.8 cm³/mol. The zero-order valence-electron chi connectivity index (χ0n) is 12.4. The van der Waals surface area contributed by atoms with Gasteiger partial charge in [0.15, 0.2) is 0 Å². The molecule has 2 aliphatic rings. The molecule has 0 aromatic heterocycles. The highest BCUT2D eigenvalue weighted by atomic mass is 15.0. The Morgan fingerprint density at radius 1 is 0.833 bits per heavy atom. The largest absolute Gasteiger partial charge is 0.316 e. The van der Waals surface area contributed by atoms with E-state index in [1.165, 1.54) is 71.1 Å². The van der Waals surface area contributed by atoms with Gasteiger partial charge in [-0.3, -0.25) is 0 Å². The molecule has 1 heterocycles. The lowest BCUT2D eigenvalue weighted by molar-refractivity contribution is 0.129. The molecule has 0 radical (unpaired) electrons. The van der Waals surface area contributed by atoms with E-state index in [4.69, 9.17) is 0 Å². The molecular weight excluding hydrogens is 220 g/mol. The van der Waals surface area contributed by atoms with Gasteiger partial charge in [0.25, 0.3) is 0 Å². The van der Waals surface area contributed by atoms with Crippen molar-refractivity contribution in [3.8, 4) is 0 Å². The van der Waals surface area contributed by atoms with Gasteiger partial charge in [-0.1, -0.05) is 46.0 Å². The third-order valence-corrected chi connectivity index (χ3v) is 5.13. The Morgan fingerprint density at radius 2 is 1.33 bits per heavy atom. The molecule has 0 unspecified atom stereocenters. The number of rotatable bonds is 1. The number of nitrogens with one attached hydrogen (secondary N) is 2. The van der Waals surface area contributed by atoms with E-state index < -0.39 is 0 Å². The van der Waals surface area contributed by atoms with Gasteiger partial charge in [-0.05, 0) is 43.2 Å². The van der Waals surface area contributed by atoms with E-state index in [0.717, 1.165) is 11.8 Å². The summed E-state index contributed by atoms with van der Waals surface area (Å²) in [4.78, 5) is 0. The quantitative estimate of drug-likeness (QED) is 0.749. The molecule has 18 heavy (non-hydrogen) atoms. The van der Waals surface area contributed by atoms with Crippen molar-refractivity contribution in [1.82, 2.24) is 10.6 Å². The molecule has 1 saturated carbocycles. The molecule has 1 aliphatic carbocycles. The van der Waals surface area contributed by atoms with Crippen molar-refractivity contribution in [3.05, 3.63) is 0 Å². The van der Waals surface area contributed by atoms with Crippen LogP contribution in [0, 0.1) is 17.3 Å². The monoisotopic (exact) mass is 252 g/mol. The molecule has 2 N–H and O–H groups in total. The molecular formula is C16H32N2. The van der Waals surface area contributed by atoms with Crippen LogP contribution in [-0.4, -0.2) is 26.2 Å². The molecule has 0 amide bonds. The van der Waals surface area contributed by atoms with Gasteiger partial charge >= 0.3 is 0 Å². The fraction of sp³-hybridized carbons (Fsp3) is 1.00. The van der Waals surface area contributed by atoms with Crippen LogP contribution in [0.25, 0.3) is 0 Å². The van der Waals surface area contributed by atoms with Gasteiger partial charge < -0.3 is 10.6 Å². The van der Waals surface area contributed by atoms with Gasteiger partial charge in [-0.25, -0.2) is 0 Å². The van der Waals surface area contributed by atoms with Crippen molar-refractivity contribution < 1.29 is 0 Å². The summed E-state index contributed by atoms with van der Waals surface area (Å²) < 4.78 is 0. The molecule has 2 heteroatoms. The van der Waals surface area contributed by atoms with Crippen LogP contribution in [0.1, 0.15) is 58.8 Å². The molecule has 2 nitrogen and oxygen atoms in total. The van der Waals surface area contributed by atoms with E-state index in [2.05, 4.69) is 24.5 Å². The second kappa shape index (κ2) is 6.91. The van der Waals surface area contributed by atoms with E-state index in [9.17, 15) is 0 Å². The maximum Gasteiger partial charge on any atom is 0.00201 e. The van der Waals surface area contributed by atoms with Crippen LogP contribution in [0.2, 0.25) is 0 Å². The van der Waals surface area contributed by atoms with E-state index in [-0.39, 0.29) is 0 Å². The highest BCUT2D eigenvalue weighted by molar-refractivity contribution is 4.89. The smallest absolute Gasteiger partial charge is 0.00201 e. The lowest BCUT2D eigenvalue weighted by atomic mass is 9.70. The second-order valence-corrected chi connectivity index (χ2v) is 7.06. The molecule has 106 valence electrons. The van der Waals surface area contributed by atoms with Crippen LogP contribution in [0.4, 0.5) is 0 Å². The van der Waals surface area contributed by atoms with Crippen molar-refractivity contribution in [2.75, 3.05) is 26.2 Å². The zero-order valence-corrected chi connectivity index (χ0v) is 12.4. The van der Waals surface area contributed by atoms with Crippen LogP contribution in [0.15, 0.2) is 0 Å². The molecule has 2 rings (SSSR count). The summed E-state index contributed by atoms with van der Waals surface area (Å²) in [5.74, 6) is 1.69. The Morgan fingerprint density at radius 3 is 1.89 bits per heavy atom. The Kier molecular flexibility index (Phi) is 5.50. The van der Waals surface area contributed by atoms with Crippen LogP contribution >= 0.6 is 0 Å². The van der Waals surface area contributed by atoms with Gasteiger partial charge in [0, 0.05) is 13.1 Å². The average Bonchev–Trinajstić information content (AvgIpc) is 2.25. The molecule has 0 spiro atoms. The summed E-state index contributed by atoms with van der Waals surface area (Å²) in [6, 6.07) is 0. The Balaban J connectivity index is 1.93. The standard InChI is InChI=1S/C16H32N2/c1-14-10-17-12-16(2,13-18-11-14)15-8-6-4-3-5-7-9-15/h14-15,17-18H,3-13H2,1-2H3. The van der Waals surface area contributed by atoms with Crippen LogP contribution in [0.5, 0.6) is 0 Å². The minimum Gasteiger partial charge on any atom is -0.316 e. The molecule has 0 aromatic carbocycles. The van der Waals surface area contributed by atoms with E-state index in [1.54, 1.807) is 0 Å². The van der Waals surface area contributed by atoms with E-state index >= 15 is 0 Å². The molecule has 2 fully saturated rings. The summed E-state index contributed by atoms with van der Waals surface area (Å²) in [6.45, 7) is 9.60. The first-order valence-corrected chi connectivity index (χ1v) is 8.12. The SMILES string of the molecule is CC1CNCC(C)(C2CCCCCCC2)CNC1. The first-order chi connectivity index (χ1) is 8.71. The Bertz CT molecular complexity index is 221. The minimum atomic E-state index is 0.470. The molecule has 0 atom stereocenters. The minimum absolute atomic E-state index is 0.470. The maximum absolute atomic E-state index is 3.72. The van der Waals surface area contributed by atoms with E-state index in [0.29, 0.717) is 5.41 Å². The molecule has 1 aliphatic heterocycles. The first-order valence-electron chi connectivity index (χ1n) is 8.12. The lowest BCUT2D eigenvalue weighted by Crippen LogP contribution is -2.50. The average molecular weight is 252 g/mol. The van der Waals surface area contributed by atoms with Crippen molar-refractivity contribution in [2.24, 2.45) is 17.3 Å². The summed E-state index contributed by atoms with van der Waals surface area (Å²) in [7, 11) is 0. The topological polar surface area (TPSA) is 24.1 Å². The van der Waals surface area contributed by atoms with Crippen LogP contribution < -0.4 is 10.6 Å². The zero-order chi connectivity index (χ0) is 12.8. The number of hydrogen-bond acceptors (Lipinski definition) is 2. The van der Waals surface area contributed by atoms with Gasteiger partial charge in [-0.2, -0.15) is 0 Å². The Hall–Kier alpha value is -0.0800. The summed E-state index contributed by atoms with van der Waals surface area (Å²) in [6.07, 6.45) is 10.2. The number of hydrogen-bond donors (Lipinski definition) is 2. The summed E-state index contributed by atoms with van der Waals surface area (Å²) in [5, 5.41) is 7.44. The van der Waals surface area contributed by atoms with Gasteiger partial charge in [-0.15, -0.1) is 0 Å². The maximum atomic E-state index is 3.72. The van der Waals surface area contributed by atoms with E-state index in [1.807, 2.05) is 0 Å². The molecule has 1 saturated heterocycles. The first kappa shape index (κ1) is 14.3. The summed E-state index contributed by atoms with van der Waals surface area (Å²) in [5.41, 5.74) is 0.470. The fourth-order valence-corrected chi connectivity index (χ4v) is 3.78. The van der Waals surface area contributed by atoms with Crippen LogP contribution in [-0.2, 0) is 0 Å². The normalized spacial score (nSPS) is 37.3. The summed E-state index contributed by atoms with van der Waals surface area (Å²) >= 11 is 0. The third-order valence-electron chi connectivity index (χ3n) is 5.13. The second-order valence-electron chi connectivity index (χ2n) is 7.06. The Labute approximate surface area is 113 Å². The van der Waals surface area contributed by atoms with Gasteiger partial charge in [0.1, 0.15) is 0 Å². The predicted octanol–water partition coefficient (Wildman–Crippen LogP) is 3.18. The lowest BCUT2D eigenvalue weighted by Gasteiger charge is -2.41. The van der Waals surface area contributed by atoms with Crippen molar-refractivity contribution in [2.45, 2.75) is 58.8 Å². The van der Waals surface area contributed by atoms with Crippen molar-refractivity contribution in [3.63, 3.8) is 0 Å². The van der Waals surface area contributed by atoms with Crippen molar-refractivity contribution >= 4 is 0 Å².